The SMILES string of the molecule is CC(C)(C)OC(=O)NCC(=Cc1cc(C(=O)O)ccc1Cl)B1OC(C)(C)C(C)(C)O1. The number of halogens is 1. The summed E-state index contributed by atoms with van der Waals surface area (Å²) < 4.78 is 17.5. The third-order valence-electron chi connectivity index (χ3n) is 4.98. The minimum atomic E-state index is -1.06. The molecule has 0 spiro atoms. The Kier molecular flexibility index (Phi) is 6.96. The van der Waals surface area contributed by atoms with Crippen molar-refractivity contribution in [2.75, 3.05) is 6.54 Å². The lowest BCUT2D eigenvalue weighted by atomic mass is 9.77. The van der Waals surface area contributed by atoms with Gasteiger partial charge in [0.05, 0.1) is 16.8 Å². The van der Waals surface area contributed by atoms with E-state index in [4.69, 9.17) is 25.6 Å². The number of carbonyl (C=O) groups is 2. The van der Waals surface area contributed by atoms with Gasteiger partial charge in [-0.15, -0.1) is 0 Å². The van der Waals surface area contributed by atoms with Crippen molar-refractivity contribution < 1.29 is 28.7 Å². The first kappa shape index (κ1) is 24.2. The highest BCUT2D eigenvalue weighted by Gasteiger charge is 2.52. The van der Waals surface area contributed by atoms with E-state index in [0.717, 1.165) is 0 Å². The lowest BCUT2D eigenvalue weighted by molar-refractivity contribution is 0.00578. The van der Waals surface area contributed by atoms with Crippen molar-refractivity contribution in [2.24, 2.45) is 0 Å². The van der Waals surface area contributed by atoms with Crippen LogP contribution in [0, 0.1) is 0 Å². The van der Waals surface area contributed by atoms with E-state index in [9.17, 15) is 14.7 Å². The fourth-order valence-electron chi connectivity index (χ4n) is 2.67. The summed E-state index contributed by atoms with van der Waals surface area (Å²) in [4.78, 5) is 23.5. The zero-order chi connectivity index (χ0) is 22.9. The Morgan fingerprint density at radius 2 is 1.77 bits per heavy atom. The number of aromatic carboxylic acids is 1. The van der Waals surface area contributed by atoms with Gasteiger partial charge in [0.15, 0.2) is 0 Å². The number of ether oxygens (including phenoxy) is 1. The summed E-state index contributed by atoms with van der Waals surface area (Å²) >= 11 is 6.28. The number of hydrogen-bond donors (Lipinski definition) is 2. The second kappa shape index (κ2) is 8.61. The number of benzene rings is 1. The van der Waals surface area contributed by atoms with Gasteiger partial charge in [0.1, 0.15) is 5.60 Å². The Bertz CT molecular complexity index is 844. The average molecular weight is 438 g/mol. The van der Waals surface area contributed by atoms with Crippen molar-refractivity contribution in [3.8, 4) is 0 Å². The Hall–Kier alpha value is -2.03. The maximum Gasteiger partial charge on any atom is 0.492 e. The quantitative estimate of drug-likeness (QED) is 0.655. The van der Waals surface area contributed by atoms with Crippen molar-refractivity contribution in [2.45, 2.75) is 65.3 Å². The maximum atomic E-state index is 12.1. The number of nitrogens with one attached hydrogen (secondary N) is 1. The highest BCUT2D eigenvalue weighted by molar-refractivity contribution is 6.56. The molecule has 1 heterocycles. The molecule has 1 aromatic carbocycles. The molecule has 0 radical (unpaired) electrons. The topological polar surface area (TPSA) is 94.1 Å². The number of alkyl carbamates (subject to hydrolysis) is 1. The van der Waals surface area contributed by atoms with E-state index in [-0.39, 0.29) is 12.1 Å². The summed E-state index contributed by atoms with van der Waals surface area (Å²) in [5.41, 5.74) is -0.669. The van der Waals surface area contributed by atoms with Crippen molar-refractivity contribution in [3.05, 3.63) is 39.8 Å². The standard InChI is InChI=1S/C21H29BClNO6/c1-19(2,3)28-18(27)24-12-15(22-29-20(4,5)21(6,7)30-22)11-14-10-13(17(25)26)8-9-16(14)23/h8-11H,12H2,1-7H3,(H,24,27)(H,25,26). The van der Waals surface area contributed by atoms with E-state index in [0.29, 0.717) is 16.1 Å². The molecule has 1 aromatic rings. The van der Waals surface area contributed by atoms with Gasteiger partial charge in [-0.05, 0) is 77.7 Å². The summed E-state index contributed by atoms with van der Waals surface area (Å²) in [5.74, 6) is -1.06. The lowest BCUT2D eigenvalue weighted by Crippen LogP contribution is -2.41. The van der Waals surface area contributed by atoms with E-state index in [1.54, 1.807) is 26.8 Å². The van der Waals surface area contributed by atoms with Gasteiger partial charge in [0.2, 0.25) is 0 Å². The minimum absolute atomic E-state index is 0.0688. The predicted octanol–water partition coefficient (Wildman–Crippen LogP) is 4.58. The molecule has 0 bridgehead atoms. The zero-order valence-corrected chi connectivity index (χ0v) is 19.2. The third kappa shape index (κ3) is 6.00. The van der Waals surface area contributed by atoms with Crippen LogP contribution in [0.4, 0.5) is 4.79 Å². The molecule has 1 saturated heterocycles. The van der Waals surface area contributed by atoms with E-state index < -0.39 is 36.0 Å². The van der Waals surface area contributed by atoms with Gasteiger partial charge in [0.25, 0.3) is 0 Å². The smallest absolute Gasteiger partial charge is 0.478 e. The van der Waals surface area contributed by atoms with Crippen LogP contribution in [0.15, 0.2) is 23.7 Å². The Balaban J connectivity index is 2.37. The van der Waals surface area contributed by atoms with Gasteiger partial charge in [-0.25, -0.2) is 9.59 Å². The Morgan fingerprint density at radius 1 is 1.20 bits per heavy atom. The average Bonchev–Trinajstić information content (AvgIpc) is 2.78. The minimum Gasteiger partial charge on any atom is -0.478 e. The lowest BCUT2D eigenvalue weighted by Gasteiger charge is -2.32. The zero-order valence-electron chi connectivity index (χ0n) is 18.5. The number of rotatable bonds is 5. The first-order chi connectivity index (χ1) is 13.6. The molecule has 9 heteroatoms. The van der Waals surface area contributed by atoms with Crippen LogP contribution in [0.5, 0.6) is 0 Å². The summed E-state index contributed by atoms with van der Waals surface area (Å²) in [7, 11) is -0.755. The highest BCUT2D eigenvalue weighted by Crippen LogP contribution is 2.39. The first-order valence-corrected chi connectivity index (χ1v) is 10.0. The molecule has 1 aliphatic heterocycles. The number of carbonyl (C=O) groups excluding carboxylic acids is 1. The molecule has 0 aromatic heterocycles. The molecular formula is C21H29BClNO6. The van der Waals surface area contributed by atoms with E-state index in [2.05, 4.69) is 5.32 Å². The Morgan fingerprint density at radius 3 is 2.27 bits per heavy atom. The van der Waals surface area contributed by atoms with Crippen LogP contribution in [0.2, 0.25) is 5.02 Å². The van der Waals surface area contributed by atoms with Gasteiger partial charge in [-0.3, -0.25) is 0 Å². The number of carboxylic acids is 1. The third-order valence-corrected chi connectivity index (χ3v) is 5.32. The van der Waals surface area contributed by atoms with E-state index in [1.165, 1.54) is 18.2 Å². The van der Waals surface area contributed by atoms with Crippen molar-refractivity contribution in [3.63, 3.8) is 0 Å². The molecule has 164 valence electrons. The number of amides is 1. The fraction of sp³-hybridized carbons (Fsp3) is 0.524. The molecule has 1 amide bonds. The van der Waals surface area contributed by atoms with Crippen molar-refractivity contribution in [1.29, 1.82) is 0 Å². The van der Waals surface area contributed by atoms with Crippen LogP contribution >= 0.6 is 11.6 Å². The van der Waals surface area contributed by atoms with Gasteiger partial charge in [-0.1, -0.05) is 17.7 Å². The van der Waals surface area contributed by atoms with Crippen molar-refractivity contribution >= 4 is 36.9 Å². The van der Waals surface area contributed by atoms with Crippen LogP contribution in [0.25, 0.3) is 6.08 Å². The van der Waals surface area contributed by atoms with Crippen LogP contribution in [-0.2, 0) is 14.0 Å². The summed E-state index contributed by atoms with van der Waals surface area (Å²) in [6.45, 7) is 13.1. The fourth-order valence-corrected chi connectivity index (χ4v) is 2.84. The molecule has 1 fully saturated rings. The molecule has 0 saturated carbocycles. The van der Waals surface area contributed by atoms with Gasteiger partial charge in [0, 0.05) is 11.6 Å². The summed E-state index contributed by atoms with van der Waals surface area (Å²) in [5, 5.41) is 12.3. The molecule has 0 atom stereocenters. The van der Waals surface area contributed by atoms with Crippen LogP contribution in [0.3, 0.4) is 0 Å². The van der Waals surface area contributed by atoms with Crippen LogP contribution < -0.4 is 5.32 Å². The number of carboxylic acid groups (broad SMARTS) is 1. The molecule has 7 nitrogen and oxygen atoms in total. The highest BCUT2D eigenvalue weighted by atomic mass is 35.5. The van der Waals surface area contributed by atoms with E-state index >= 15 is 0 Å². The summed E-state index contributed by atoms with van der Waals surface area (Å²) in [6.07, 6.45) is 1.09. The van der Waals surface area contributed by atoms with E-state index in [1.807, 2.05) is 27.7 Å². The second-order valence-electron chi connectivity index (χ2n) is 9.20. The normalized spacial score (nSPS) is 18.3. The predicted molar refractivity (Wildman–Crippen MR) is 117 cm³/mol. The molecular weight excluding hydrogens is 408 g/mol. The van der Waals surface area contributed by atoms with Crippen LogP contribution in [0.1, 0.15) is 64.4 Å². The molecule has 2 rings (SSSR count). The maximum absolute atomic E-state index is 12.1. The molecule has 1 aliphatic rings. The summed E-state index contributed by atoms with van der Waals surface area (Å²) in [6, 6.07) is 4.40. The van der Waals surface area contributed by atoms with Gasteiger partial charge in [-0.2, -0.15) is 0 Å². The molecule has 30 heavy (non-hydrogen) atoms. The first-order valence-electron chi connectivity index (χ1n) is 9.67. The second-order valence-corrected chi connectivity index (χ2v) is 9.61. The largest absolute Gasteiger partial charge is 0.492 e. The molecule has 2 N–H and O–H groups in total. The molecule has 0 aliphatic carbocycles. The van der Waals surface area contributed by atoms with Gasteiger partial charge >= 0.3 is 19.2 Å². The monoisotopic (exact) mass is 437 g/mol. The molecule has 0 unspecified atom stereocenters. The van der Waals surface area contributed by atoms with Gasteiger partial charge < -0.3 is 24.5 Å². The van der Waals surface area contributed by atoms with Crippen molar-refractivity contribution in [1.82, 2.24) is 5.32 Å². The van der Waals surface area contributed by atoms with Crippen LogP contribution in [-0.4, -0.2) is 47.6 Å². The number of hydrogen-bond acceptors (Lipinski definition) is 5. The Labute approximate surface area is 182 Å².